The van der Waals surface area contributed by atoms with Crippen molar-refractivity contribution in [3.63, 3.8) is 0 Å². The molecule has 0 saturated carbocycles. The lowest BCUT2D eigenvalue weighted by molar-refractivity contribution is -0.115. The number of carboxylic acid groups (broad SMARTS) is 1. The summed E-state index contributed by atoms with van der Waals surface area (Å²) in [6, 6.07) is 0. The maximum atomic E-state index is 13.5. The van der Waals surface area contributed by atoms with Crippen LogP contribution >= 0.6 is 0 Å². The first-order chi connectivity index (χ1) is 7.76. The molecule has 1 unspecified atom stereocenters. The highest BCUT2D eigenvalue weighted by atomic mass is 19.3. The Morgan fingerprint density at radius 2 is 2.12 bits per heavy atom. The molecule has 0 bridgehead atoms. The van der Waals surface area contributed by atoms with Crippen LogP contribution < -0.4 is 4.74 Å². The second-order valence-electron chi connectivity index (χ2n) is 3.97. The van der Waals surface area contributed by atoms with Crippen LogP contribution in [0.3, 0.4) is 0 Å². The van der Waals surface area contributed by atoms with Gasteiger partial charge < -0.3 is 9.84 Å². The Labute approximate surface area is 94.6 Å². The number of aromatic carboxylic acids is 1. The summed E-state index contributed by atoms with van der Waals surface area (Å²) in [5.41, 5.74) is -2.48. The van der Waals surface area contributed by atoms with Crippen LogP contribution in [-0.2, 0) is 0 Å². The quantitative estimate of drug-likeness (QED) is 0.841. The molecule has 0 spiro atoms. The third kappa shape index (κ3) is 2.69. The predicted octanol–water partition coefficient (Wildman–Crippen LogP) is 2.07. The molecule has 17 heavy (non-hydrogen) atoms. The fourth-order valence-electron chi connectivity index (χ4n) is 0.869. The zero-order valence-electron chi connectivity index (χ0n) is 9.08. The van der Waals surface area contributed by atoms with Gasteiger partial charge in [-0.3, -0.25) is 5.10 Å². The van der Waals surface area contributed by atoms with Crippen molar-refractivity contribution in [2.24, 2.45) is 5.41 Å². The van der Waals surface area contributed by atoms with Crippen molar-refractivity contribution in [3.05, 3.63) is 11.8 Å². The molecule has 1 rings (SSSR count). The van der Waals surface area contributed by atoms with Crippen LogP contribution in [-0.4, -0.2) is 34.1 Å². The zero-order valence-corrected chi connectivity index (χ0v) is 9.08. The molecule has 1 aromatic heterocycles. The summed E-state index contributed by atoms with van der Waals surface area (Å²) < 4.78 is 43.0. The summed E-state index contributed by atoms with van der Waals surface area (Å²) in [5.74, 6) is -1.95. The number of rotatable bonds is 5. The molecule has 0 radical (unpaired) electrons. The van der Waals surface area contributed by atoms with Gasteiger partial charge in [-0.15, -0.1) is 5.10 Å². The smallest absolute Gasteiger partial charge is 0.342 e. The Morgan fingerprint density at radius 3 is 2.59 bits per heavy atom. The molecule has 96 valence electrons. The molecular weight excluding hydrogens is 241 g/mol. The van der Waals surface area contributed by atoms with E-state index in [0.29, 0.717) is 0 Å². The average Bonchev–Trinajstić information content (AvgIpc) is 2.65. The lowest BCUT2D eigenvalue weighted by atomic mass is 9.94. The van der Waals surface area contributed by atoms with E-state index in [4.69, 9.17) is 5.11 Å². The first kappa shape index (κ1) is 13.3. The minimum atomic E-state index is -2.95. The minimum Gasteiger partial charge on any atom is -0.477 e. The first-order valence-electron chi connectivity index (χ1n) is 4.62. The lowest BCUT2D eigenvalue weighted by Gasteiger charge is -2.26. The van der Waals surface area contributed by atoms with Crippen LogP contribution in [0.2, 0.25) is 0 Å². The van der Waals surface area contributed by atoms with Gasteiger partial charge in [0, 0.05) is 6.20 Å². The lowest BCUT2D eigenvalue weighted by Crippen LogP contribution is -2.37. The maximum absolute atomic E-state index is 13.5. The fraction of sp³-hybridized carbons (Fsp3) is 0.556. The van der Waals surface area contributed by atoms with Crippen molar-refractivity contribution in [2.45, 2.75) is 26.6 Å². The van der Waals surface area contributed by atoms with Gasteiger partial charge in [-0.2, -0.15) is 0 Å². The van der Waals surface area contributed by atoms with E-state index < -0.39 is 35.6 Å². The number of nitrogens with zero attached hydrogens (tertiary/aromatic N) is 1. The zero-order chi connectivity index (χ0) is 13.2. The highest BCUT2D eigenvalue weighted by molar-refractivity contribution is 5.89. The van der Waals surface area contributed by atoms with Crippen LogP contribution in [0, 0.1) is 5.41 Å². The monoisotopic (exact) mass is 252 g/mol. The number of ether oxygens (including phenoxy) is 1. The van der Waals surface area contributed by atoms with Crippen molar-refractivity contribution in [1.82, 2.24) is 10.2 Å². The molecule has 1 aromatic rings. The molecule has 1 atom stereocenters. The third-order valence-electron chi connectivity index (χ3n) is 2.20. The van der Waals surface area contributed by atoms with Crippen LogP contribution in [0.1, 0.15) is 24.2 Å². The van der Waals surface area contributed by atoms with Gasteiger partial charge >= 0.3 is 5.97 Å². The van der Waals surface area contributed by atoms with Crippen molar-refractivity contribution < 1.29 is 27.8 Å². The maximum Gasteiger partial charge on any atom is 0.342 e. The van der Waals surface area contributed by atoms with Gasteiger partial charge in [0.2, 0.25) is 12.3 Å². The van der Waals surface area contributed by atoms with Crippen LogP contribution in [0.15, 0.2) is 6.20 Å². The summed E-state index contributed by atoms with van der Waals surface area (Å²) >= 11 is 0. The van der Waals surface area contributed by atoms with Gasteiger partial charge in [0.05, 0.1) is 5.41 Å². The molecule has 5 nitrogen and oxygen atoms in total. The average molecular weight is 252 g/mol. The molecule has 0 aliphatic heterocycles. The number of hydrogen-bond acceptors (Lipinski definition) is 3. The summed E-state index contributed by atoms with van der Waals surface area (Å²) in [4.78, 5) is 10.6. The SMILES string of the molecule is CC(C)(C(F)F)C(F)Oc1n[nH]cc1C(=O)O. The Balaban J connectivity index is 2.85. The molecule has 2 N–H and O–H groups in total. The summed E-state index contributed by atoms with van der Waals surface area (Å²) in [6.45, 7) is 1.94. The Morgan fingerprint density at radius 1 is 1.53 bits per heavy atom. The normalized spacial score (nSPS) is 13.8. The van der Waals surface area contributed by atoms with E-state index in [-0.39, 0.29) is 0 Å². The van der Waals surface area contributed by atoms with Gasteiger partial charge in [-0.05, 0) is 13.8 Å². The second kappa shape index (κ2) is 4.64. The second-order valence-corrected chi connectivity index (χ2v) is 3.97. The van der Waals surface area contributed by atoms with Gasteiger partial charge in [0.1, 0.15) is 5.56 Å². The molecule has 0 amide bonds. The number of carbonyl (C=O) groups is 1. The Hall–Kier alpha value is -1.73. The highest BCUT2D eigenvalue weighted by Crippen LogP contribution is 2.33. The molecule has 0 aromatic carbocycles. The van der Waals surface area contributed by atoms with E-state index in [2.05, 4.69) is 14.9 Å². The van der Waals surface area contributed by atoms with Crippen molar-refractivity contribution >= 4 is 5.97 Å². The summed E-state index contributed by atoms with van der Waals surface area (Å²) in [6.07, 6.45) is -4.35. The van der Waals surface area contributed by atoms with Gasteiger partial charge in [0.25, 0.3) is 6.36 Å². The summed E-state index contributed by atoms with van der Waals surface area (Å²) in [5, 5.41) is 14.2. The van der Waals surface area contributed by atoms with Gasteiger partial charge in [-0.25, -0.2) is 18.0 Å². The number of carboxylic acids is 1. The first-order valence-corrected chi connectivity index (χ1v) is 4.62. The van der Waals surface area contributed by atoms with Gasteiger partial charge in [0.15, 0.2) is 0 Å². The highest BCUT2D eigenvalue weighted by Gasteiger charge is 2.41. The van der Waals surface area contributed by atoms with E-state index in [0.717, 1.165) is 20.0 Å². The Kier molecular flexibility index (Phi) is 3.64. The number of aromatic nitrogens is 2. The predicted molar refractivity (Wildman–Crippen MR) is 50.9 cm³/mol. The van der Waals surface area contributed by atoms with E-state index >= 15 is 0 Å². The van der Waals surface area contributed by atoms with Gasteiger partial charge in [-0.1, -0.05) is 0 Å². The third-order valence-corrected chi connectivity index (χ3v) is 2.20. The number of halogens is 3. The molecule has 0 aliphatic rings. The van der Waals surface area contributed by atoms with E-state index in [1.165, 1.54) is 0 Å². The largest absolute Gasteiger partial charge is 0.477 e. The van der Waals surface area contributed by atoms with E-state index in [1.807, 2.05) is 0 Å². The van der Waals surface area contributed by atoms with Crippen LogP contribution in [0.4, 0.5) is 13.2 Å². The molecular formula is C9H11F3N2O3. The number of H-pyrrole nitrogens is 1. The topological polar surface area (TPSA) is 75.2 Å². The molecule has 1 heterocycles. The number of aromatic amines is 1. The van der Waals surface area contributed by atoms with Crippen molar-refractivity contribution in [1.29, 1.82) is 0 Å². The minimum absolute atomic E-state index is 0.419. The van der Waals surface area contributed by atoms with E-state index in [1.54, 1.807) is 0 Å². The summed E-state index contributed by atoms with van der Waals surface area (Å²) in [7, 11) is 0. The number of nitrogens with one attached hydrogen (secondary N) is 1. The van der Waals surface area contributed by atoms with Crippen LogP contribution in [0.5, 0.6) is 5.88 Å². The van der Waals surface area contributed by atoms with E-state index in [9.17, 15) is 18.0 Å². The van der Waals surface area contributed by atoms with Crippen molar-refractivity contribution in [3.8, 4) is 5.88 Å². The number of alkyl halides is 3. The molecule has 0 fully saturated rings. The Bertz CT molecular complexity index is 406. The molecule has 0 aliphatic carbocycles. The van der Waals surface area contributed by atoms with Crippen molar-refractivity contribution in [2.75, 3.05) is 0 Å². The standard InChI is InChI=1S/C9H11F3N2O3/c1-9(2,7(10)11)8(12)17-5-4(6(15)16)3-13-14-5/h3,7-8H,1-2H3,(H,13,14)(H,15,16). The van der Waals surface area contributed by atoms with Crippen LogP contribution in [0.25, 0.3) is 0 Å². The fourth-order valence-corrected chi connectivity index (χ4v) is 0.869. The number of hydrogen-bond donors (Lipinski definition) is 2. The molecule has 8 heteroatoms. The molecule has 0 saturated heterocycles.